The summed E-state index contributed by atoms with van der Waals surface area (Å²) in [5.41, 5.74) is -2.37. The summed E-state index contributed by atoms with van der Waals surface area (Å²) in [5.74, 6) is -1.23. The summed E-state index contributed by atoms with van der Waals surface area (Å²) in [6.45, 7) is 0. The number of benzene rings is 3. The van der Waals surface area contributed by atoms with Gasteiger partial charge in [-0.3, -0.25) is 10.1 Å². The first-order valence-electron chi connectivity index (χ1n) is 8.53. The largest absolute Gasteiger partial charge is 0.404 e. The molecule has 3 aromatic rings. The number of halogens is 3. The van der Waals surface area contributed by atoms with Crippen molar-refractivity contribution in [1.29, 1.82) is 0 Å². The van der Waals surface area contributed by atoms with Crippen molar-refractivity contribution in [1.82, 2.24) is 0 Å². The number of hydrogen-bond acceptors (Lipinski definition) is 7. The summed E-state index contributed by atoms with van der Waals surface area (Å²) in [7, 11) is -4.23. The Kier molecular flexibility index (Phi) is 8.93. The van der Waals surface area contributed by atoms with Crippen LogP contribution in [-0.2, 0) is 35.9 Å². The number of primary sulfonamides is 1. The first-order chi connectivity index (χ1) is 15.0. The number of para-hydroxylation sites is 1. The molecular weight excluding hydrogens is 761 g/mol. The fourth-order valence-electron chi connectivity index (χ4n) is 2.78. The van der Waals surface area contributed by atoms with Crippen LogP contribution < -0.4 is 15.8 Å². The fourth-order valence-corrected chi connectivity index (χ4v) is 4.38. The molecule has 3 aromatic carbocycles. The van der Waals surface area contributed by atoms with Crippen LogP contribution in [0.25, 0.3) is 0 Å². The summed E-state index contributed by atoms with van der Waals surface area (Å²) in [4.78, 5) is 21.7. The van der Waals surface area contributed by atoms with Gasteiger partial charge in [-0.2, -0.15) is 0 Å². The van der Waals surface area contributed by atoms with Gasteiger partial charge in [-0.15, -0.1) is 5.56 Å². The average molecular weight is 774 g/mol. The van der Waals surface area contributed by atoms with E-state index in [9.17, 15) is 23.3 Å². The molecule has 0 saturated carbocycles. The summed E-state index contributed by atoms with van der Waals surface area (Å²) in [6.07, 6.45) is 1.46. The van der Waals surface area contributed by atoms with E-state index in [0.29, 0.717) is 0 Å². The molecule has 0 aliphatic carbocycles. The van der Waals surface area contributed by atoms with Crippen LogP contribution in [0.1, 0.15) is 5.56 Å². The Morgan fingerprint density at radius 1 is 1.09 bits per heavy atom. The number of nitrogens with one attached hydrogen (secondary N) is 2. The van der Waals surface area contributed by atoms with E-state index in [0.717, 1.165) is 15.7 Å². The second-order valence-corrected chi connectivity index (χ2v) is 9.46. The zero-order chi connectivity index (χ0) is 23.6. The predicted molar refractivity (Wildman–Crippen MR) is 126 cm³/mol. The number of hydrogen-bond donors (Lipinski definition) is 3. The number of carbonyl (C=O) groups excluding carboxylic acids is 1. The van der Waals surface area contributed by atoms with Gasteiger partial charge >= 0.3 is 0 Å². The van der Waals surface area contributed by atoms with E-state index in [4.69, 9.17) is 16.7 Å². The zero-order valence-electron chi connectivity index (χ0n) is 16.1. The van der Waals surface area contributed by atoms with Crippen molar-refractivity contribution in [3.05, 3.63) is 78.6 Å². The van der Waals surface area contributed by atoms with Crippen molar-refractivity contribution in [2.75, 3.05) is 10.6 Å². The number of nitro benzene ring substituents is 1. The molecule has 0 aromatic heterocycles. The van der Waals surface area contributed by atoms with E-state index in [1.54, 1.807) is 12.1 Å². The number of sulfonamides is 1. The van der Waals surface area contributed by atoms with Gasteiger partial charge in [0.1, 0.15) is 16.4 Å². The van der Waals surface area contributed by atoms with E-state index in [1.807, 2.05) is 22.6 Å². The molecule has 0 radical (unpaired) electrons. The fraction of sp³-hybridized carbons (Fsp3) is 0. The summed E-state index contributed by atoms with van der Waals surface area (Å²) in [6, 6.07) is 10.8. The van der Waals surface area contributed by atoms with Gasteiger partial charge in [-0.1, -0.05) is 29.8 Å². The Balaban J connectivity index is 0.00000385. The van der Waals surface area contributed by atoms with Crippen molar-refractivity contribution in [3.8, 4) is 0 Å². The summed E-state index contributed by atoms with van der Waals surface area (Å²) < 4.78 is 40.0. The van der Waals surface area contributed by atoms with Crippen LogP contribution in [0.15, 0.2) is 53.4 Å². The number of nitrogens with zero attached hydrogens (tertiary/aromatic N) is 1. The Labute approximate surface area is 220 Å². The van der Waals surface area contributed by atoms with Gasteiger partial charge in [0.2, 0.25) is 15.7 Å². The molecule has 0 spiro atoms. The third-order valence-corrected chi connectivity index (χ3v) is 6.15. The summed E-state index contributed by atoms with van der Waals surface area (Å²) in [5, 5.41) is 22.0. The quantitative estimate of drug-likeness (QED) is 0.138. The third-order valence-electron chi connectivity index (χ3n) is 4.20. The van der Waals surface area contributed by atoms with Crippen molar-refractivity contribution in [2.45, 2.75) is 4.90 Å². The molecule has 3 rings (SSSR count). The second-order valence-electron chi connectivity index (χ2n) is 6.28. The number of rotatable bonds is 7. The van der Waals surface area contributed by atoms with Crippen molar-refractivity contribution >= 4 is 78.9 Å². The molecule has 0 amide bonds. The third kappa shape index (κ3) is 6.06. The molecule has 9 nitrogen and oxygen atoms in total. The first-order valence-corrected chi connectivity index (χ1v) is 11.5. The maximum Gasteiger partial charge on any atom is 0.243 e. The summed E-state index contributed by atoms with van der Waals surface area (Å²) >= 11 is 8.18. The van der Waals surface area contributed by atoms with E-state index in [1.165, 1.54) is 30.6 Å². The standard InChI is InChI=1S/C19H12ClFIN4O5S.W/c20-12-8-11(22)5-6-13(12)24-18-10(9-27)7-15(26(28)29)19(17(18)21)25-14-3-1-2-4-16(14)32(23,30)31;/h1-8,24-25H,(H2,23,30,31);/q-1;. The van der Waals surface area contributed by atoms with Crippen LogP contribution >= 0.6 is 34.2 Å². The zero-order valence-corrected chi connectivity index (χ0v) is 22.8. The maximum atomic E-state index is 15.5. The minimum Gasteiger partial charge on any atom is -0.404 e. The molecule has 0 heterocycles. The Hall–Kier alpha value is -2.12. The van der Waals surface area contributed by atoms with Gasteiger partial charge in [0.25, 0.3) is 0 Å². The second kappa shape index (κ2) is 10.9. The van der Waals surface area contributed by atoms with E-state index < -0.39 is 48.3 Å². The smallest absolute Gasteiger partial charge is 0.243 e. The number of nitro groups is 1. The van der Waals surface area contributed by atoms with Crippen molar-refractivity contribution in [2.24, 2.45) is 5.14 Å². The molecule has 14 heteroatoms. The van der Waals surface area contributed by atoms with Crippen LogP contribution in [-0.4, -0.2) is 19.6 Å². The molecular formula is C19H12ClFIN4O5SW-. The molecule has 0 aliphatic rings. The van der Waals surface area contributed by atoms with Crippen molar-refractivity contribution < 1.29 is 43.6 Å². The molecule has 0 saturated heterocycles. The van der Waals surface area contributed by atoms with Gasteiger partial charge in [0.15, 0.2) is 0 Å². The van der Waals surface area contributed by atoms with Crippen LogP contribution in [0, 0.1) is 19.5 Å². The van der Waals surface area contributed by atoms with Crippen LogP contribution in [0.3, 0.4) is 0 Å². The molecule has 33 heavy (non-hydrogen) atoms. The molecule has 0 fully saturated rings. The average Bonchev–Trinajstić information content (AvgIpc) is 2.72. The van der Waals surface area contributed by atoms with Crippen LogP contribution in [0.2, 0.25) is 5.02 Å². The SMILES string of the molecule is NS(=O)(=O)c1ccccc1Nc1c([N+](=O)[O-])cc([C-]=O)c(Nc2ccc(I)cc2Cl)c1F.[W]. The minimum absolute atomic E-state index is 0. The predicted octanol–water partition coefficient (Wildman–Crippen LogP) is 4.58. The number of anilines is 4. The van der Waals surface area contributed by atoms with Gasteiger partial charge < -0.3 is 15.4 Å². The molecule has 0 unspecified atom stereocenters. The Morgan fingerprint density at radius 2 is 1.73 bits per heavy atom. The Bertz CT molecular complexity index is 1360. The molecule has 4 N–H and O–H groups in total. The maximum absolute atomic E-state index is 15.5. The molecule has 172 valence electrons. The molecule has 0 aliphatic heterocycles. The minimum atomic E-state index is -4.23. The van der Waals surface area contributed by atoms with Gasteiger partial charge in [-0.05, 0) is 58.6 Å². The van der Waals surface area contributed by atoms with E-state index in [-0.39, 0.29) is 37.5 Å². The first kappa shape index (κ1) is 27.1. The monoisotopic (exact) mass is 773 g/mol. The van der Waals surface area contributed by atoms with Gasteiger partial charge in [0.05, 0.1) is 21.9 Å². The van der Waals surface area contributed by atoms with Gasteiger partial charge in [0, 0.05) is 30.3 Å². The topological polar surface area (TPSA) is 144 Å². The van der Waals surface area contributed by atoms with Crippen molar-refractivity contribution in [3.63, 3.8) is 0 Å². The number of nitrogens with two attached hydrogens (primary N) is 1. The normalized spacial score (nSPS) is 10.8. The Morgan fingerprint density at radius 3 is 2.30 bits per heavy atom. The van der Waals surface area contributed by atoms with Crippen LogP contribution in [0.5, 0.6) is 0 Å². The van der Waals surface area contributed by atoms with Gasteiger partial charge in [-0.25, -0.2) is 17.9 Å². The molecule has 0 atom stereocenters. The van der Waals surface area contributed by atoms with E-state index in [2.05, 4.69) is 10.6 Å². The molecule has 0 bridgehead atoms. The van der Waals surface area contributed by atoms with E-state index >= 15 is 4.39 Å². The van der Waals surface area contributed by atoms with Crippen LogP contribution in [0.4, 0.5) is 32.8 Å².